The molecule has 0 heterocycles. The Hall–Kier alpha value is -2.10. The van der Waals surface area contributed by atoms with E-state index in [1.165, 1.54) is 36.4 Å². The van der Waals surface area contributed by atoms with Crippen LogP contribution in [0.3, 0.4) is 0 Å². The lowest BCUT2D eigenvalue weighted by Gasteiger charge is -2.09. The van der Waals surface area contributed by atoms with Crippen LogP contribution in [-0.4, -0.2) is 8.42 Å². The lowest BCUT2D eigenvalue weighted by Crippen LogP contribution is -2.14. The number of rotatable bonds is 3. The van der Waals surface area contributed by atoms with Crippen molar-refractivity contribution in [2.75, 3.05) is 4.72 Å². The molecule has 0 radical (unpaired) electrons. The summed E-state index contributed by atoms with van der Waals surface area (Å²) in [6.45, 7) is 0. The third-order valence-corrected chi connectivity index (χ3v) is 4.13. The van der Waals surface area contributed by atoms with Gasteiger partial charge < -0.3 is 0 Å². The SMILES string of the molecule is N#Cc1c(F)cccc1NS(=O)(=O)c1ccc(Cl)cc1. The van der Waals surface area contributed by atoms with Gasteiger partial charge in [-0.3, -0.25) is 4.72 Å². The van der Waals surface area contributed by atoms with Crippen molar-refractivity contribution < 1.29 is 12.8 Å². The lowest BCUT2D eigenvalue weighted by molar-refractivity contribution is 0.601. The van der Waals surface area contributed by atoms with Gasteiger partial charge in [0.2, 0.25) is 0 Å². The first-order valence-electron chi connectivity index (χ1n) is 5.41. The molecule has 0 aromatic heterocycles. The van der Waals surface area contributed by atoms with Crippen LogP contribution in [0.15, 0.2) is 47.4 Å². The van der Waals surface area contributed by atoms with E-state index in [1.54, 1.807) is 6.07 Å². The van der Waals surface area contributed by atoms with E-state index in [9.17, 15) is 12.8 Å². The van der Waals surface area contributed by atoms with Crippen molar-refractivity contribution in [2.45, 2.75) is 4.90 Å². The summed E-state index contributed by atoms with van der Waals surface area (Å²) in [6.07, 6.45) is 0. The molecule has 0 aliphatic carbocycles. The van der Waals surface area contributed by atoms with E-state index in [2.05, 4.69) is 4.72 Å². The van der Waals surface area contributed by atoms with Crippen molar-refractivity contribution in [3.63, 3.8) is 0 Å². The third kappa shape index (κ3) is 2.90. The molecule has 4 nitrogen and oxygen atoms in total. The molecule has 2 aromatic rings. The van der Waals surface area contributed by atoms with E-state index in [4.69, 9.17) is 16.9 Å². The van der Waals surface area contributed by atoms with Crippen molar-refractivity contribution in [2.24, 2.45) is 0 Å². The van der Waals surface area contributed by atoms with Gasteiger partial charge in [-0.15, -0.1) is 0 Å². The van der Waals surface area contributed by atoms with Gasteiger partial charge in [0.15, 0.2) is 0 Å². The first-order valence-corrected chi connectivity index (χ1v) is 7.27. The van der Waals surface area contributed by atoms with Gasteiger partial charge in [0, 0.05) is 5.02 Å². The van der Waals surface area contributed by atoms with Crippen molar-refractivity contribution in [3.05, 3.63) is 58.9 Å². The minimum Gasteiger partial charge on any atom is -0.278 e. The first-order chi connectivity index (χ1) is 9.44. The van der Waals surface area contributed by atoms with Gasteiger partial charge in [-0.25, -0.2) is 12.8 Å². The third-order valence-electron chi connectivity index (χ3n) is 2.49. The highest BCUT2D eigenvalue weighted by atomic mass is 35.5. The smallest absolute Gasteiger partial charge is 0.261 e. The topological polar surface area (TPSA) is 70.0 Å². The van der Waals surface area contributed by atoms with E-state index in [1.807, 2.05) is 0 Å². The minimum absolute atomic E-state index is 0.0324. The van der Waals surface area contributed by atoms with Crippen LogP contribution in [0.4, 0.5) is 10.1 Å². The summed E-state index contributed by atoms with van der Waals surface area (Å²) in [4.78, 5) is -0.0324. The number of hydrogen-bond donors (Lipinski definition) is 1. The molecular formula is C13H8ClFN2O2S. The molecule has 2 aromatic carbocycles. The molecule has 0 bridgehead atoms. The van der Waals surface area contributed by atoms with E-state index in [0.29, 0.717) is 5.02 Å². The Morgan fingerprint density at radius 2 is 1.80 bits per heavy atom. The fraction of sp³-hybridized carbons (Fsp3) is 0. The average molecular weight is 311 g/mol. The summed E-state index contributed by atoms with van der Waals surface area (Å²) < 4.78 is 39.8. The molecular weight excluding hydrogens is 303 g/mol. The van der Waals surface area contributed by atoms with Crippen LogP contribution in [0.2, 0.25) is 5.02 Å². The van der Waals surface area contributed by atoms with Gasteiger partial charge in [-0.05, 0) is 36.4 Å². The Kier molecular flexibility index (Phi) is 3.93. The normalized spacial score (nSPS) is 10.8. The van der Waals surface area contributed by atoms with Gasteiger partial charge >= 0.3 is 0 Å². The molecule has 7 heteroatoms. The van der Waals surface area contributed by atoms with Crippen molar-refractivity contribution in [1.29, 1.82) is 5.26 Å². The van der Waals surface area contributed by atoms with Gasteiger partial charge in [0.05, 0.1) is 10.6 Å². The number of benzene rings is 2. The highest BCUT2D eigenvalue weighted by Crippen LogP contribution is 2.22. The predicted molar refractivity (Wildman–Crippen MR) is 73.4 cm³/mol. The summed E-state index contributed by atoms with van der Waals surface area (Å²) >= 11 is 5.68. The van der Waals surface area contributed by atoms with Crippen molar-refractivity contribution in [3.8, 4) is 6.07 Å². The fourth-order valence-electron chi connectivity index (χ4n) is 1.54. The standard InChI is InChI=1S/C13H8ClFN2O2S/c14-9-4-6-10(7-5-9)20(18,19)17-13-3-1-2-12(15)11(13)8-16/h1-7,17H. The molecule has 0 saturated carbocycles. The maximum atomic E-state index is 13.4. The summed E-state index contributed by atoms with van der Waals surface area (Å²) in [7, 11) is -3.91. The number of anilines is 1. The monoisotopic (exact) mass is 310 g/mol. The number of nitrogens with one attached hydrogen (secondary N) is 1. The van der Waals surface area contributed by atoms with E-state index in [-0.39, 0.29) is 16.1 Å². The van der Waals surface area contributed by atoms with Crippen LogP contribution in [-0.2, 0) is 10.0 Å². The van der Waals surface area contributed by atoms with Crippen LogP contribution in [0.5, 0.6) is 0 Å². The van der Waals surface area contributed by atoms with E-state index < -0.39 is 15.8 Å². The Balaban J connectivity index is 2.42. The molecule has 1 N–H and O–H groups in total. The Bertz CT molecular complexity index is 783. The molecule has 2 rings (SSSR count). The largest absolute Gasteiger partial charge is 0.278 e. The fourth-order valence-corrected chi connectivity index (χ4v) is 2.74. The summed E-state index contributed by atoms with van der Waals surface area (Å²) in [5, 5.41) is 9.26. The van der Waals surface area contributed by atoms with Gasteiger partial charge in [0.25, 0.3) is 10.0 Å². The second-order valence-electron chi connectivity index (χ2n) is 3.83. The summed E-state index contributed by atoms with van der Waals surface area (Å²) in [5.74, 6) is -0.788. The zero-order valence-corrected chi connectivity index (χ0v) is 11.5. The van der Waals surface area contributed by atoms with Gasteiger partial charge in [-0.2, -0.15) is 5.26 Å². The molecule has 0 atom stereocenters. The van der Waals surface area contributed by atoms with Crippen LogP contribution < -0.4 is 4.72 Å². The predicted octanol–water partition coefficient (Wildman–Crippen LogP) is 3.15. The molecule has 0 amide bonds. The number of nitriles is 1. The average Bonchev–Trinajstić information content (AvgIpc) is 2.39. The quantitative estimate of drug-likeness (QED) is 0.946. The van der Waals surface area contributed by atoms with Crippen LogP contribution in [0.25, 0.3) is 0 Å². The van der Waals surface area contributed by atoms with Crippen LogP contribution in [0, 0.1) is 17.1 Å². The molecule has 0 unspecified atom stereocenters. The molecule has 0 fully saturated rings. The Labute approximate surface area is 120 Å². The lowest BCUT2D eigenvalue weighted by atomic mass is 10.2. The van der Waals surface area contributed by atoms with E-state index >= 15 is 0 Å². The number of nitrogens with zero attached hydrogens (tertiary/aromatic N) is 1. The zero-order valence-electron chi connectivity index (χ0n) is 9.97. The first kappa shape index (κ1) is 14.3. The van der Waals surface area contributed by atoms with Crippen molar-refractivity contribution >= 4 is 27.3 Å². The Morgan fingerprint density at radius 3 is 2.40 bits per heavy atom. The van der Waals surface area contributed by atoms with Crippen molar-refractivity contribution in [1.82, 2.24) is 0 Å². The maximum absolute atomic E-state index is 13.4. The van der Waals surface area contributed by atoms with Crippen LogP contribution in [0.1, 0.15) is 5.56 Å². The van der Waals surface area contributed by atoms with Gasteiger partial charge in [-0.1, -0.05) is 17.7 Å². The Morgan fingerprint density at radius 1 is 1.15 bits per heavy atom. The van der Waals surface area contributed by atoms with Crippen LogP contribution >= 0.6 is 11.6 Å². The minimum atomic E-state index is -3.91. The maximum Gasteiger partial charge on any atom is 0.261 e. The zero-order chi connectivity index (χ0) is 14.8. The highest BCUT2D eigenvalue weighted by Gasteiger charge is 2.17. The highest BCUT2D eigenvalue weighted by molar-refractivity contribution is 7.92. The second-order valence-corrected chi connectivity index (χ2v) is 5.95. The number of hydrogen-bond acceptors (Lipinski definition) is 3. The summed E-state index contributed by atoms with van der Waals surface area (Å²) in [6, 6.07) is 10.8. The number of halogens is 2. The molecule has 0 spiro atoms. The second kappa shape index (κ2) is 5.49. The van der Waals surface area contributed by atoms with Gasteiger partial charge in [0.1, 0.15) is 17.4 Å². The molecule has 0 aliphatic heterocycles. The molecule has 0 saturated heterocycles. The number of sulfonamides is 1. The van der Waals surface area contributed by atoms with E-state index in [0.717, 1.165) is 6.07 Å². The molecule has 0 aliphatic rings. The molecule has 102 valence electrons. The summed E-state index contributed by atoms with van der Waals surface area (Å²) in [5.41, 5.74) is -0.465. The molecule has 20 heavy (non-hydrogen) atoms.